The van der Waals surface area contributed by atoms with Crippen molar-refractivity contribution in [2.75, 3.05) is 6.54 Å². The Balaban J connectivity index is 1.10. The number of benzene rings is 3. The number of nitrogens with zero attached hydrogens (tertiary/aromatic N) is 3. The molecule has 3 aromatic carbocycles. The fourth-order valence-corrected chi connectivity index (χ4v) is 8.15. The molecule has 5 atom stereocenters. The second-order valence-corrected chi connectivity index (χ2v) is 16.0. The van der Waals surface area contributed by atoms with Crippen molar-refractivity contribution in [1.82, 2.24) is 5.32 Å². The first-order valence-corrected chi connectivity index (χ1v) is 19.2. The normalized spacial score (nSPS) is 27.8. The monoisotopic (exact) mass is 694 g/mol. The van der Waals surface area contributed by atoms with Crippen molar-refractivity contribution in [3.63, 3.8) is 0 Å². The Hall–Kier alpha value is -5.19. The van der Waals surface area contributed by atoms with Gasteiger partial charge in [0.15, 0.2) is 0 Å². The molecule has 53 heavy (non-hydrogen) atoms. The molecule has 3 heterocycles. The van der Waals surface area contributed by atoms with Crippen molar-refractivity contribution in [3.05, 3.63) is 179 Å². The smallest absolute Gasteiger partial charge is 0.134 e. The zero-order chi connectivity index (χ0) is 36.6. The summed E-state index contributed by atoms with van der Waals surface area (Å²) in [5.41, 5.74) is 12.2. The molecule has 0 saturated heterocycles. The Kier molecular flexibility index (Phi) is 9.43. The van der Waals surface area contributed by atoms with E-state index in [-0.39, 0.29) is 17.5 Å². The minimum Gasteiger partial charge on any atom is -0.289 e. The van der Waals surface area contributed by atoms with Crippen molar-refractivity contribution < 1.29 is 0 Å². The number of allylic oxidation sites excluding steroid dienone is 8. The van der Waals surface area contributed by atoms with Gasteiger partial charge >= 0.3 is 0 Å². The van der Waals surface area contributed by atoms with Crippen LogP contribution in [-0.2, 0) is 5.66 Å². The van der Waals surface area contributed by atoms with Crippen LogP contribution in [0.25, 0.3) is 11.1 Å². The highest BCUT2D eigenvalue weighted by Gasteiger charge is 2.40. The lowest BCUT2D eigenvalue weighted by molar-refractivity contribution is 0.301. The fourth-order valence-electron chi connectivity index (χ4n) is 8.15. The second kappa shape index (κ2) is 14.3. The van der Waals surface area contributed by atoms with E-state index in [2.05, 4.69) is 167 Å². The Bertz CT molecular complexity index is 2180. The van der Waals surface area contributed by atoms with E-state index in [1.54, 1.807) is 0 Å². The molecule has 5 aliphatic rings. The topological polar surface area (TPSA) is 49.1 Å². The first-order valence-electron chi connectivity index (χ1n) is 19.2. The molecule has 2 aliphatic carbocycles. The Morgan fingerprint density at radius 2 is 1.53 bits per heavy atom. The van der Waals surface area contributed by atoms with Crippen molar-refractivity contribution in [2.45, 2.75) is 70.1 Å². The quantitative estimate of drug-likeness (QED) is 0.263. The molecule has 0 fully saturated rings. The van der Waals surface area contributed by atoms with Crippen molar-refractivity contribution in [1.29, 1.82) is 0 Å². The molecule has 0 saturated carbocycles. The highest BCUT2D eigenvalue weighted by atomic mass is 15.2. The lowest BCUT2D eigenvalue weighted by Gasteiger charge is -2.42. The van der Waals surface area contributed by atoms with E-state index in [0.29, 0.717) is 11.8 Å². The largest absolute Gasteiger partial charge is 0.289 e. The molecule has 4 heteroatoms. The van der Waals surface area contributed by atoms with E-state index < -0.39 is 5.66 Å². The summed E-state index contributed by atoms with van der Waals surface area (Å²) in [5, 5.41) is 4.01. The maximum atomic E-state index is 5.54. The summed E-state index contributed by atoms with van der Waals surface area (Å²) < 4.78 is 0. The number of rotatable bonds is 7. The van der Waals surface area contributed by atoms with Gasteiger partial charge in [-0.05, 0) is 104 Å². The molecule has 0 aromatic heterocycles. The highest BCUT2D eigenvalue weighted by molar-refractivity contribution is 6.14. The molecule has 8 rings (SSSR count). The minimum absolute atomic E-state index is 0.00267. The second-order valence-electron chi connectivity index (χ2n) is 16.0. The first kappa shape index (κ1) is 34.9. The minimum atomic E-state index is -0.657. The van der Waals surface area contributed by atoms with Gasteiger partial charge in [-0.3, -0.25) is 20.3 Å². The van der Waals surface area contributed by atoms with Gasteiger partial charge in [0, 0.05) is 47.8 Å². The molecule has 4 nitrogen and oxygen atoms in total. The van der Waals surface area contributed by atoms with Gasteiger partial charge < -0.3 is 0 Å². The van der Waals surface area contributed by atoms with Crippen LogP contribution < -0.4 is 5.32 Å². The summed E-state index contributed by atoms with van der Waals surface area (Å²) in [7, 11) is 0. The lowest BCUT2D eigenvalue weighted by atomic mass is 9.79. The van der Waals surface area contributed by atoms with E-state index in [9.17, 15) is 0 Å². The lowest BCUT2D eigenvalue weighted by Crippen LogP contribution is -2.53. The van der Waals surface area contributed by atoms with Crippen LogP contribution in [-0.4, -0.2) is 35.8 Å². The van der Waals surface area contributed by atoms with Crippen LogP contribution in [0.2, 0.25) is 0 Å². The van der Waals surface area contributed by atoms with Crippen molar-refractivity contribution in [3.8, 4) is 0 Å². The maximum absolute atomic E-state index is 5.54. The fraction of sp³-hybridized carbons (Fsp3) is 0.286. The van der Waals surface area contributed by atoms with Gasteiger partial charge in [-0.25, -0.2) is 0 Å². The number of hydrogen-bond donors (Lipinski definition) is 1. The molecular weight excluding hydrogens is 645 g/mol. The Morgan fingerprint density at radius 3 is 2.21 bits per heavy atom. The maximum Gasteiger partial charge on any atom is 0.134 e. The summed E-state index contributed by atoms with van der Waals surface area (Å²) in [6.07, 6.45) is 25.7. The molecule has 3 aliphatic heterocycles. The molecule has 3 aromatic rings. The molecule has 0 radical (unpaired) electrons. The summed E-state index contributed by atoms with van der Waals surface area (Å²) in [6, 6.07) is 28.6. The SMILES string of the molecule is C=C1C(c2cccc(C3=CCC(c4ccccc4)C=C3)c2)=NC(C)(c2ccc(C3=CCC(C)(C)N=C3)cc2)NC1C1C=CC(C2C=CC(C)=NC2)=CC1. The van der Waals surface area contributed by atoms with Crippen LogP contribution in [0.5, 0.6) is 0 Å². The van der Waals surface area contributed by atoms with Crippen LogP contribution >= 0.6 is 0 Å². The third-order valence-electron chi connectivity index (χ3n) is 11.5. The van der Waals surface area contributed by atoms with Crippen LogP contribution in [0.3, 0.4) is 0 Å². The zero-order valence-electron chi connectivity index (χ0n) is 31.5. The molecule has 0 spiro atoms. The van der Waals surface area contributed by atoms with Gasteiger partial charge in [0.1, 0.15) is 5.66 Å². The molecule has 266 valence electrons. The molecule has 1 N–H and O–H groups in total. The van der Waals surface area contributed by atoms with Gasteiger partial charge in [0.25, 0.3) is 0 Å². The van der Waals surface area contributed by atoms with Gasteiger partial charge in [-0.15, -0.1) is 0 Å². The predicted octanol–water partition coefficient (Wildman–Crippen LogP) is 10.8. The van der Waals surface area contributed by atoms with E-state index in [1.165, 1.54) is 33.4 Å². The molecule has 5 unspecified atom stereocenters. The van der Waals surface area contributed by atoms with E-state index in [1.807, 2.05) is 6.21 Å². The average molecular weight is 695 g/mol. The molecule has 0 amide bonds. The number of hydrogen-bond acceptors (Lipinski definition) is 4. The van der Waals surface area contributed by atoms with E-state index in [4.69, 9.17) is 21.6 Å². The summed E-state index contributed by atoms with van der Waals surface area (Å²) in [5.74, 6) is 0.980. The number of nitrogens with one attached hydrogen (secondary N) is 1. The Labute approximate surface area is 315 Å². The zero-order valence-corrected chi connectivity index (χ0v) is 31.5. The van der Waals surface area contributed by atoms with Gasteiger partial charge in [0.2, 0.25) is 0 Å². The summed E-state index contributed by atoms with van der Waals surface area (Å²) in [6.45, 7) is 14.2. The summed E-state index contributed by atoms with van der Waals surface area (Å²) >= 11 is 0. The summed E-state index contributed by atoms with van der Waals surface area (Å²) in [4.78, 5) is 15.0. The standard InChI is InChI=1S/C49H50N4/c1-33-14-15-43(31-50-33)38-20-22-40(23-21-38)46-34(2)47(42-13-9-12-41(30-42)37-18-16-36(17-19-37)35-10-7-6-8-11-35)53-49(5,52-46)45-26-24-39(25-27-45)44-28-29-48(3,4)51-32-44/h6-16,18-22,24-28,30,32,36,40,43,46,52H,2,17,23,29,31H2,1,3-5H3. The van der Waals surface area contributed by atoms with Crippen molar-refractivity contribution >= 4 is 28.8 Å². The molecule has 0 bridgehead atoms. The number of aliphatic imine (C=N–C) groups is 3. The predicted molar refractivity (Wildman–Crippen MR) is 225 cm³/mol. The average Bonchev–Trinajstić information content (AvgIpc) is 3.20. The van der Waals surface area contributed by atoms with Crippen LogP contribution in [0, 0.1) is 11.8 Å². The van der Waals surface area contributed by atoms with Crippen LogP contribution in [0.1, 0.15) is 80.7 Å². The van der Waals surface area contributed by atoms with Gasteiger partial charge in [-0.1, -0.05) is 128 Å². The van der Waals surface area contributed by atoms with Gasteiger partial charge in [0.05, 0.1) is 11.3 Å². The van der Waals surface area contributed by atoms with E-state index >= 15 is 0 Å². The first-order chi connectivity index (χ1) is 25.6. The Morgan fingerprint density at radius 1 is 0.736 bits per heavy atom. The molecular formula is C49H50N4. The van der Waals surface area contributed by atoms with Crippen LogP contribution in [0.15, 0.2) is 166 Å². The van der Waals surface area contributed by atoms with Crippen LogP contribution in [0.4, 0.5) is 0 Å². The number of dihydropyridines is 2. The highest BCUT2D eigenvalue weighted by Crippen LogP contribution is 2.38. The van der Waals surface area contributed by atoms with E-state index in [0.717, 1.165) is 53.9 Å². The third-order valence-corrected chi connectivity index (χ3v) is 11.5. The van der Waals surface area contributed by atoms with Crippen molar-refractivity contribution in [2.24, 2.45) is 26.8 Å². The van der Waals surface area contributed by atoms with Gasteiger partial charge in [-0.2, -0.15) is 0 Å². The third kappa shape index (κ3) is 7.39.